The Labute approximate surface area is 195 Å². The number of nitriles is 1. The van der Waals surface area contributed by atoms with E-state index >= 15 is 0 Å². The van der Waals surface area contributed by atoms with Crippen LogP contribution in [0.4, 0.5) is 5.69 Å². The molecular weight excluding hydrogens is 494 g/mol. The van der Waals surface area contributed by atoms with Crippen molar-refractivity contribution >= 4 is 50.6 Å². The van der Waals surface area contributed by atoms with Gasteiger partial charge in [-0.15, -0.1) is 11.3 Å². The molecule has 1 aromatic carbocycles. The van der Waals surface area contributed by atoms with E-state index in [-0.39, 0.29) is 11.7 Å². The van der Waals surface area contributed by atoms with E-state index in [1.165, 1.54) is 23.1 Å². The number of halogens is 1. The molecule has 0 saturated carbocycles. The maximum atomic E-state index is 12.5. The van der Waals surface area contributed by atoms with Crippen molar-refractivity contribution in [3.8, 4) is 27.9 Å². The smallest absolute Gasteiger partial charge is 0.234 e. The first-order valence-electron chi connectivity index (χ1n) is 9.07. The predicted molar refractivity (Wildman–Crippen MR) is 127 cm³/mol. The standard InChI is InChI=1S/C22H14BrN5OS2/c23-14-3-5-15(6-4-14)27-21(29)13-31-22-17(11-24)16(20-2-1-9-30-20)10-18(28-22)19-12-25-7-8-26-19/h1-10,12H,13H2,(H,27,29). The molecule has 4 aromatic rings. The second-order valence-electron chi connectivity index (χ2n) is 6.26. The molecule has 0 aliphatic rings. The van der Waals surface area contributed by atoms with Gasteiger partial charge in [-0.25, -0.2) is 4.98 Å². The molecular formula is C22H14BrN5OS2. The van der Waals surface area contributed by atoms with Gasteiger partial charge >= 0.3 is 0 Å². The van der Waals surface area contributed by atoms with Crippen molar-refractivity contribution in [3.05, 3.63) is 76.5 Å². The number of amides is 1. The fourth-order valence-corrected chi connectivity index (χ4v) is 4.60. The van der Waals surface area contributed by atoms with Crippen LogP contribution in [-0.4, -0.2) is 26.6 Å². The van der Waals surface area contributed by atoms with Crippen molar-refractivity contribution in [1.29, 1.82) is 5.26 Å². The van der Waals surface area contributed by atoms with Crippen molar-refractivity contribution in [2.45, 2.75) is 5.03 Å². The third-order valence-corrected chi connectivity index (χ3v) is 6.59. The molecule has 4 rings (SSSR count). The zero-order valence-corrected chi connectivity index (χ0v) is 19.2. The summed E-state index contributed by atoms with van der Waals surface area (Å²) in [6.45, 7) is 0. The molecule has 0 spiro atoms. The van der Waals surface area contributed by atoms with Crippen molar-refractivity contribution < 1.29 is 4.79 Å². The lowest BCUT2D eigenvalue weighted by atomic mass is 10.1. The molecule has 3 heterocycles. The van der Waals surface area contributed by atoms with E-state index in [0.29, 0.717) is 27.7 Å². The van der Waals surface area contributed by atoms with Crippen LogP contribution in [0.5, 0.6) is 0 Å². The van der Waals surface area contributed by atoms with Gasteiger partial charge < -0.3 is 5.32 Å². The fourth-order valence-electron chi connectivity index (χ4n) is 2.79. The lowest BCUT2D eigenvalue weighted by Gasteiger charge is -2.11. The van der Waals surface area contributed by atoms with Crippen LogP contribution in [0.15, 0.2) is 75.9 Å². The zero-order valence-electron chi connectivity index (χ0n) is 15.9. The number of rotatable bonds is 6. The van der Waals surface area contributed by atoms with E-state index in [1.54, 1.807) is 18.6 Å². The number of thiophene rings is 1. The molecule has 0 unspecified atom stereocenters. The monoisotopic (exact) mass is 507 g/mol. The molecule has 9 heteroatoms. The average Bonchev–Trinajstić information content (AvgIpc) is 3.34. The zero-order chi connectivity index (χ0) is 21.6. The maximum Gasteiger partial charge on any atom is 0.234 e. The number of pyridine rings is 1. The molecule has 31 heavy (non-hydrogen) atoms. The Bertz CT molecular complexity index is 1240. The Hall–Kier alpha value is -3.06. The molecule has 6 nitrogen and oxygen atoms in total. The third-order valence-electron chi connectivity index (χ3n) is 4.18. The summed E-state index contributed by atoms with van der Waals surface area (Å²) in [7, 11) is 0. The van der Waals surface area contributed by atoms with Crippen LogP contribution in [0, 0.1) is 11.3 Å². The van der Waals surface area contributed by atoms with Gasteiger partial charge in [0.05, 0.1) is 23.2 Å². The highest BCUT2D eigenvalue weighted by atomic mass is 79.9. The Morgan fingerprint density at radius 2 is 2.03 bits per heavy atom. The van der Waals surface area contributed by atoms with E-state index in [2.05, 4.69) is 42.3 Å². The van der Waals surface area contributed by atoms with E-state index in [4.69, 9.17) is 0 Å². The summed E-state index contributed by atoms with van der Waals surface area (Å²) in [4.78, 5) is 26.5. The number of hydrogen-bond donors (Lipinski definition) is 1. The van der Waals surface area contributed by atoms with Gasteiger partial charge in [0.15, 0.2) is 0 Å². The highest BCUT2D eigenvalue weighted by Gasteiger charge is 2.18. The minimum Gasteiger partial charge on any atom is -0.325 e. The summed E-state index contributed by atoms with van der Waals surface area (Å²) in [5.41, 5.74) is 3.12. The number of carbonyl (C=O) groups excluding carboxylic acids is 1. The Kier molecular flexibility index (Phi) is 6.72. The van der Waals surface area contributed by atoms with Gasteiger partial charge in [-0.3, -0.25) is 14.8 Å². The molecule has 0 saturated heterocycles. The Morgan fingerprint density at radius 1 is 1.19 bits per heavy atom. The number of thioether (sulfide) groups is 1. The van der Waals surface area contributed by atoms with Crippen LogP contribution in [0.2, 0.25) is 0 Å². The number of benzene rings is 1. The quantitative estimate of drug-likeness (QED) is 0.340. The Balaban J connectivity index is 1.64. The van der Waals surface area contributed by atoms with E-state index < -0.39 is 0 Å². The summed E-state index contributed by atoms with van der Waals surface area (Å²) in [6, 6.07) is 15.3. The first-order valence-corrected chi connectivity index (χ1v) is 11.7. The summed E-state index contributed by atoms with van der Waals surface area (Å²) in [5.74, 6) is -0.0634. The second-order valence-corrected chi connectivity index (χ2v) is 9.09. The minimum atomic E-state index is -0.180. The molecule has 1 N–H and O–H groups in total. The molecule has 0 atom stereocenters. The van der Waals surface area contributed by atoms with Gasteiger partial charge in [0.25, 0.3) is 0 Å². The topological polar surface area (TPSA) is 91.6 Å². The lowest BCUT2D eigenvalue weighted by molar-refractivity contribution is -0.113. The molecule has 0 fully saturated rings. The van der Waals surface area contributed by atoms with Crippen molar-refractivity contribution in [1.82, 2.24) is 15.0 Å². The minimum absolute atomic E-state index is 0.117. The van der Waals surface area contributed by atoms with Crippen molar-refractivity contribution in [3.63, 3.8) is 0 Å². The third kappa shape index (κ3) is 5.17. The summed E-state index contributed by atoms with van der Waals surface area (Å²) >= 11 is 6.14. The molecule has 0 radical (unpaired) electrons. The number of nitrogens with one attached hydrogen (secondary N) is 1. The molecule has 1 amide bonds. The molecule has 0 bridgehead atoms. The van der Waals surface area contributed by atoms with Gasteiger partial charge in [-0.05, 0) is 41.8 Å². The first-order chi connectivity index (χ1) is 15.1. The Morgan fingerprint density at radius 3 is 2.71 bits per heavy atom. The molecule has 0 aliphatic carbocycles. The van der Waals surface area contributed by atoms with Crippen LogP contribution in [-0.2, 0) is 4.79 Å². The fraction of sp³-hybridized carbons (Fsp3) is 0.0455. The SMILES string of the molecule is N#Cc1c(-c2cccs2)cc(-c2cnccn2)nc1SCC(=O)Nc1ccc(Br)cc1. The second kappa shape index (κ2) is 9.83. The van der Waals surface area contributed by atoms with Crippen LogP contribution in [0.3, 0.4) is 0 Å². The van der Waals surface area contributed by atoms with Crippen LogP contribution in [0.1, 0.15) is 5.56 Å². The van der Waals surface area contributed by atoms with Gasteiger partial charge in [-0.2, -0.15) is 5.26 Å². The number of aromatic nitrogens is 3. The molecule has 0 aliphatic heterocycles. The normalized spacial score (nSPS) is 10.5. The van der Waals surface area contributed by atoms with Gasteiger partial charge in [-0.1, -0.05) is 33.8 Å². The first kappa shape index (κ1) is 21.2. The maximum absolute atomic E-state index is 12.5. The van der Waals surface area contributed by atoms with E-state index in [0.717, 1.165) is 14.9 Å². The average molecular weight is 508 g/mol. The van der Waals surface area contributed by atoms with Crippen LogP contribution >= 0.6 is 39.0 Å². The number of hydrogen-bond acceptors (Lipinski definition) is 7. The summed E-state index contributed by atoms with van der Waals surface area (Å²) in [5, 5.41) is 15.1. The highest BCUT2D eigenvalue weighted by Crippen LogP contribution is 2.35. The van der Waals surface area contributed by atoms with Gasteiger partial charge in [0.2, 0.25) is 5.91 Å². The van der Waals surface area contributed by atoms with E-state index in [1.807, 2.05) is 47.8 Å². The van der Waals surface area contributed by atoms with Gasteiger partial charge in [0, 0.05) is 33.0 Å². The molecule has 152 valence electrons. The van der Waals surface area contributed by atoms with Crippen LogP contribution < -0.4 is 5.32 Å². The van der Waals surface area contributed by atoms with Gasteiger partial charge in [0.1, 0.15) is 16.8 Å². The van der Waals surface area contributed by atoms with Crippen molar-refractivity contribution in [2.75, 3.05) is 11.1 Å². The molecule has 3 aromatic heterocycles. The largest absolute Gasteiger partial charge is 0.325 e. The summed E-state index contributed by atoms with van der Waals surface area (Å²) in [6.07, 6.45) is 4.81. The van der Waals surface area contributed by atoms with Crippen LogP contribution in [0.25, 0.3) is 21.8 Å². The number of carbonyl (C=O) groups is 1. The highest BCUT2D eigenvalue weighted by molar-refractivity contribution is 9.10. The number of anilines is 1. The summed E-state index contributed by atoms with van der Waals surface area (Å²) < 4.78 is 0.935. The lowest BCUT2D eigenvalue weighted by Crippen LogP contribution is -2.14. The number of nitrogens with zero attached hydrogens (tertiary/aromatic N) is 4. The van der Waals surface area contributed by atoms with E-state index in [9.17, 15) is 10.1 Å². The predicted octanol–water partition coefficient (Wildman–Crippen LogP) is 5.63. The van der Waals surface area contributed by atoms with Crippen molar-refractivity contribution in [2.24, 2.45) is 0 Å².